The minimum atomic E-state index is 0.693. The van der Waals surface area contributed by atoms with Crippen molar-refractivity contribution in [3.8, 4) is 56.8 Å². The van der Waals surface area contributed by atoms with Crippen LogP contribution in [0.15, 0.2) is 194 Å². The molecule has 0 N–H and O–H groups in total. The van der Waals surface area contributed by atoms with E-state index < -0.39 is 0 Å². The zero-order valence-corrected chi connectivity index (χ0v) is 35.5. The Morgan fingerprint density at radius 2 is 1.19 bits per heavy atom. The van der Waals surface area contributed by atoms with Gasteiger partial charge in [-0.05, 0) is 96.1 Å². The van der Waals surface area contributed by atoms with Crippen LogP contribution in [-0.4, -0.2) is 28.1 Å². The molecule has 8 heteroatoms. The van der Waals surface area contributed by atoms with Crippen LogP contribution < -0.4 is 9.30 Å². The fourth-order valence-electron chi connectivity index (χ4n) is 9.40. The lowest BCUT2D eigenvalue weighted by atomic mass is 9.95. The number of para-hydroxylation sites is 5. The quantitative estimate of drug-likeness (QED) is 0.113. The first-order valence-corrected chi connectivity index (χ1v) is 21.5. The van der Waals surface area contributed by atoms with Gasteiger partial charge < -0.3 is 4.74 Å². The standard InChI is InChI=1S/C56H41N7O/c1-37-16-13-29-50-52(37)58-56-62(50)49-31-30-44(35-51(49)63(56)55-57-32-33-59(55)53-38(2)17-12-18-39(53)3)64-43-24-14-23-42(34-43)60-36-61(48-28-11-10-27-47(48)60)54-45(40-19-6-4-7-20-40)25-15-26-46(54)41-21-8-5-9-22-41/h4-35H,1-3H3. The molecule has 0 aliphatic rings. The molecule has 0 amide bonds. The number of fused-ring (bicyclic) bond motifs is 6. The van der Waals surface area contributed by atoms with Crippen LogP contribution in [0.4, 0.5) is 0 Å². The summed E-state index contributed by atoms with van der Waals surface area (Å²) >= 11 is 0. The molecule has 8 nitrogen and oxygen atoms in total. The molecular weight excluding hydrogens is 787 g/mol. The third-order valence-electron chi connectivity index (χ3n) is 12.3. The Morgan fingerprint density at radius 1 is 0.547 bits per heavy atom. The SMILES string of the molecule is Cc1cccc(C)c1-n1ccnc1-n1c2cc(Oc3cccc(-n4[c-][n+](-c5c(-c6ccccc6)cccc5-c5ccccc5)c5ccccc54)c3)ccc2n2c3cccc(C)c3nc12. The zero-order valence-electron chi connectivity index (χ0n) is 35.5. The number of hydrogen-bond donors (Lipinski definition) is 0. The molecule has 0 atom stereocenters. The maximum Gasteiger partial charge on any atom is 0.269 e. The van der Waals surface area contributed by atoms with Gasteiger partial charge in [0.05, 0.1) is 50.2 Å². The van der Waals surface area contributed by atoms with Crippen LogP contribution >= 0.6 is 0 Å². The minimum absolute atomic E-state index is 0.693. The van der Waals surface area contributed by atoms with Crippen LogP contribution in [0.25, 0.3) is 84.1 Å². The maximum absolute atomic E-state index is 6.81. The van der Waals surface area contributed by atoms with E-state index in [0.717, 1.165) is 101 Å². The van der Waals surface area contributed by atoms with Crippen molar-refractivity contribution in [2.75, 3.05) is 0 Å². The molecule has 0 unspecified atom stereocenters. The Kier molecular flexibility index (Phi) is 8.65. The van der Waals surface area contributed by atoms with Crippen LogP contribution in [0.5, 0.6) is 11.5 Å². The van der Waals surface area contributed by atoms with Crippen LogP contribution in [0, 0.1) is 27.1 Å². The third-order valence-corrected chi connectivity index (χ3v) is 12.3. The predicted octanol–water partition coefficient (Wildman–Crippen LogP) is 12.7. The van der Waals surface area contributed by atoms with Crippen molar-refractivity contribution in [1.82, 2.24) is 28.1 Å². The number of aryl methyl sites for hydroxylation is 3. The number of aromatic nitrogens is 7. The van der Waals surface area contributed by atoms with Gasteiger partial charge >= 0.3 is 0 Å². The summed E-state index contributed by atoms with van der Waals surface area (Å²) in [7, 11) is 0. The molecule has 0 spiro atoms. The average molecular weight is 828 g/mol. The largest absolute Gasteiger partial charge is 0.458 e. The summed E-state index contributed by atoms with van der Waals surface area (Å²) in [5.41, 5.74) is 17.0. The van der Waals surface area contributed by atoms with Crippen LogP contribution in [0.2, 0.25) is 0 Å². The van der Waals surface area contributed by atoms with Crippen LogP contribution in [0.1, 0.15) is 16.7 Å². The molecule has 12 rings (SSSR count). The maximum atomic E-state index is 6.81. The fraction of sp³-hybridized carbons (Fsp3) is 0.0536. The van der Waals surface area contributed by atoms with E-state index in [-0.39, 0.29) is 0 Å². The first-order valence-electron chi connectivity index (χ1n) is 21.5. The Balaban J connectivity index is 0.994. The van der Waals surface area contributed by atoms with Crippen molar-refractivity contribution < 1.29 is 9.30 Å². The second-order valence-electron chi connectivity index (χ2n) is 16.3. The summed E-state index contributed by atoms with van der Waals surface area (Å²) < 4.78 is 17.7. The van der Waals surface area contributed by atoms with Gasteiger partial charge in [-0.1, -0.05) is 140 Å². The number of imidazole rings is 4. The highest BCUT2D eigenvalue weighted by atomic mass is 16.5. The molecule has 0 aliphatic heterocycles. The fourth-order valence-corrected chi connectivity index (χ4v) is 9.40. The lowest BCUT2D eigenvalue weighted by Gasteiger charge is -2.17. The monoisotopic (exact) mass is 827 g/mol. The zero-order chi connectivity index (χ0) is 42.9. The number of benzene rings is 8. The molecule has 4 heterocycles. The highest BCUT2D eigenvalue weighted by molar-refractivity contribution is 5.93. The van der Waals surface area contributed by atoms with Gasteiger partial charge in [0.15, 0.2) is 0 Å². The summed E-state index contributed by atoms with van der Waals surface area (Å²) in [5, 5.41) is 0. The van der Waals surface area contributed by atoms with E-state index in [1.54, 1.807) is 0 Å². The van der Waals surface area contributed by atoms with Crippen molar-refractivity contribution in [3.05, 3.63) is 217 Å². The molecule has 0 bridgehead atoms. The Morgan fingerprint density at radius 3 is 1.95 bits per heavy atom. The molecule has 0 saturated carbocycles. The molecule has 0 fully saturated rings. The van der Waals surface area contributed by atoms with E-state index in [1.807, 2.05) is 30.6 Å². The number of rotatable bonds is 8. The van der Waals surface area contributed by atoms with E-state index in [2.05, 4.69) is 214 Å². The topological polar surface area (TPSA) is 58.1 Å². The Labute approximate surface area is 369 Å². The summed E-state index contributed by atoms with van der Waals surface area (Å²) in [6.07, 6.45) is 7.68. The first-order chi connectivity index (χ1) is 31.5. The van der Waals surface area contributed by atoms with Crippen molar-refractivity contribution in [1.29, 1.82) is 0 Å². The Bertz CT molecular complexity index is 3660. The second kappa shape index (κ2) is 14.9. The summed E-state index contributed by atoms with van der Waals surface area (Å²) in [6, 6.07) is 63.4. The molecule has 0 saturated heterocycles. The van der Waals surface area contributed by atoms with Gasteiger partial charge in [-0.2, -0.15) is 0 Å². The highest BCUT2D eigenvalue weighted by Crippen LogP contribution is 2.37. The van der Waals surface area contributed by atoms with Crippen LogP contribution in [-0.2, 0) is 0 Å². The second-order valence-corrected chi connectivity index (χ2v) is 16.3. The van der Waals surface area contributed by atoms with Gasteiger partial charge in [0.1, 0.15) is 11.5 Å². The molecule has 8 aromatic carbocycles. The van der Waals surface area contributed by atoms with Crippen molar-refractivity contribution in [2.24, 2.45) is 0 Å². The molecule has 0 aliphatic carbocycles. The molecule has 64 heavy (non-hydrogen) atoms. The molecule has 4 aromatic heterocycles. The summed E-state index contributed by atoms with van der Waals surface area (Å²) in [5.74, 6) is 2.92. The van der Waals surface area contributed by atoms with Gasteiger partial charge in [0, 0.05) is 18.5 Å². The number of nitrogens with zero attached hydrogens (tertiary/aromatic N) is 7. The highest BCUT2D eigenvalue weighted by Gasteiger charge is 2.24. The summed E-state index contributed by atoms with van der Waals surface area (Å²) in [6.45, 7) is 6.39. The lowest BCUT2D eigenvalue weighted by Crippen LogP contribution is -2.31. The molecule has 306 valence electrons. The summed E-state index contributed by atoms with van der Waals surface area (Å²) in [4.78, 5) is 10.3. The smallest absolute Gasteiger partial charge is 0.269 e. The first kappa shape index (κ1) is 37.3. The minimum Gasteiger partial charge on any atom is -0.458 e. The number of ether oxygens (including phenoxy) is 1. The van der Waals surface area contributed by atoms with Gasteiger partial charge in [-0.25, -0.2) is 14.5 Å². The van der Waals surface area contributed by atoms with E-state index in [1.165, 1.54) is 0 Å². The van der Waals surface area contributed by atoms with Gasteiger partial charge in [0.25, 0.3) is 6.33 Å². The van der Waals surface area contributed by atoms with Gasteiger partial charge in [-0.3, -0.25) is 18.1 Å². The predicted molar refractivity (Wildman–Crippen MR) is 255 cm³/mol. The van der Waals surface area contributed by atoms with E-state index in [4.69, 9.17) is 14.7 Å². The molecule has 0 radical (unpaired) electrons. The van der Waals surface area contributed by atoms with Crippen LogP contribution in [0.3, 0.4) is 0 Å². The van der Waals surface area contributed by atoms with E-state index >= 15 is 0 Å². The normalized spacial score (nSPS) is 11.7. The van der Waals surface area contributed by atoms with E-state index in [0.29, 0.717) is 11.5 Å². The van der Waals surface area contributed by atoms with E-state index in [9.17, 15) is 0 Å². The third kappa shape index (κ3) is 5.95. The molecular formula is C56H41N7O. The lowest BCUT2D eigenvalue weighted by molar-refractivity contribution is -0.571. The van der Waals surface area contributed by atoms with Crippen molar-refractivity contribution in [2.45, 2.75) is 20.8 Å². The molecule has 12 aromatic rings. The van der Waals surface area contributed by atoms with Gasteiger partial charge in [0.2, 0.25) is 11.7 Å². The average Bonchev–Trinajstić information content (AvgIpc) is 4.12. The Hall–Kier alpha value is -8.49. The number of hydrogen-bond acceptors (Lipinski definition) is 3. The van der Waals surface area contributed by atoms with Crippen molar-refractivity contribution in [3.63, 3.8) is 0 Å². The van der Waals surface area contributed by atoms with Crippen molar-refractivity contribution >= 4 is 38.9 Å². The van der Waals surface area contributed by atoms with Gasteiger partial charge in [-0.15, -0.1) is 0 Å².